The maximum atomic E-state index is 12.6. The lowest BCUT2D eigenvalue weighted by molar-refractivity contribution is -0.128. The van der Waals surface area contributed by atoms with Crippen molar-refractivity contribution >= 4 is 40.1 Å². The second-order valence-corrected chi connectivity index (χ2v) is 7.17. The minimum atomic E-state index is -0.431. The number of benzene rings is 2. The molecule has 0 saturated carbocycles. The number of anilines is 1. The van der Waals surface area contributed by atoms with Gasteiger partial charge in [0.2, 0.25) is 11.8 Å². The van der Waals surface area contributed by atoms with Crippen molar-refractivity contribution < 1.29 is 14.0 Å². The highest BCUT2D eigenvalue weighted by Gasteiger charge is 2.34. The first-order valence-electron chi connectivity index (χ1n) is 8.85. The third-order valence-electron chi connectivity index (χ3n) is 4.79. The third kappa shape index (κ3) is 3.77. The molecule has 3 aromatic rings. The normalized spacial score (nSPS) is 16.5. The molecule has 1 fully saturated rings. The number of nitrogens with one attached hydrogen (secondary N) is 1. The SMILES string of the molecule is O=C(Nc1ccc2oc(=O)ccc2c1)[C@@H]1CC(=O)N(Cc2ccccc2Cl)C1. The van der Waals surface area contributed by atoms with Gasteiger partial charge in [0.15, 0.2) is 0 Å². The number of hydrogen-bond acceptors (Lipinski definition) is 4. The van der Waals surface area contributed by atoms with Crippen molar-refractivity contribution in [1.82, 2.24) is 4.90 Å². The number of carbonyl (C=O) groups excluding carboxylic acids is 2. The fourth-order valence-electron chi connectivity index (χ4n) is 3.33. The maximum Gasteiger partial charge on any atom is 0.336 e. The quantitative estimate of drug-likeness (QED) is 0.685. The van der Waals surface area contributed by atoms with E-state index in [0.717, 1.165) is 5.56 Å². The van der Waals surface area contributed by atoms with Crippen molar-refractivity contribution in [2.75, 3.05) is 11.9 Å². The molecule has 2 aromatic carbocycles. The van der Waals surface area contributed by atoms with Gasteiger partial charge in [0, 0.05) is 41.7 Å². The summed E-state index contributed by atoms with van der Waals surface area (Å²) >= 11 is 6.17. The maximum absolute atomic E-state index is 12.6. The van der Waals surface area contributed by atoms with Crippen molar-refractivity contribution in [3.8, 4) is 0 Å². The van der Waals surface area contributed by atoms with E-state index >= 15 is 0 Å². The molecular weight excluding hydrogens is 380 g/mol. The zero-order valence-electron chi connectivity index (χ0n) is 14.9. The number of hydrogen-bond donors (Lipinski definition) is 1. The lowest BCUT2D eigenvalue weighted by Gasteiger charge is -2.17. The molecule has 1 N–H and O–H groups in total. The summed E-state index contributed by atoms with van der Waals surface area (Å²) < 4.78 is 5.09. The molecule has 1 aliphatic rings. The third-order valence-corrected chi connectivity index (χ3v) is 5.16. The lowest BCUT2D eigenvalue weighted by atomic mass is 10.1. The van der Waals surface area contributed by atoms with Crippen LogP contribution >= 0.6 is 11.6 Å². The molecule has 1 aromatic heterocycles. The molecule has 2 amide bonds. The number of amides is 2. The van der Waals surface area contributed by atoms with Crippen molar-refractivity contribution in [2.24, 2.45) is 5.92 Å². The topological polar surface area (TPSA) is 79.6 Å². The van der Waals surface area contributed by atoms with Crippen LogP contribution in [0.5, 0.6) is 0 Å². The Labute approximate surface area is 165 Å². The average Bonchev–Trinajstić information content (AvgIpc) is 3.04. The van der Waals surface area contributed by atoms with E-state index in [2.05, 4.69) is 5.32 Å². The van der Waals surface area contributed by atoms with Crippen molar-refractivity contribution in [2.45, 2.75) is 13.0 Å². The second kappa shape index (κ2) is 7.48. The Hall–Kier alpha value is -3.12. The standard InChI is InChI=1S/C21H17ClN2O4/c22-17-4-2-1-3-14(17)11-24-12-15(10-19(24)25)21(27)23-16-6-7-18-13(9-16)5-8-20(26)28-18/h1-9,15H,10-12H2,(H,23,27)/t15-/m1/s1. The highest BCUT2D eigenvalue weighted by molar-refractivity contribution is 6.31. The molecule has 0 spiro atoms. The minimum absolute atomic E-state index is 0.0691. The molecule has 0 radical (unpaired) electrons. The summed E-state index contributed by atoms with van der Waals surface area (Å²) in [5.74, 6) is -0.716. The largest absolute Gasteiger partial charge is 0.423 e. The predicted octanol–water partition coefficient (Wildman–Crippen LogP) is 3.43. The Morgan fingerprint density at radius 1 is 1.14 bits per heavy atom. The predicted molar refractivity (Wildman–Crippen MR) is 106 cm³/mol. The van der Waals surface area contributed by atoms with E-state index in [1.807, 2.05) is 18.2 Å². The first kappa shape index (κ1) is 18.3. The van der Waals surface area contributed by atoms with Crippen LogP contribution in [-0.2, 0) is 16.1 Å². The van der Waals surface area contributed by atoms with Crippen LogP contribution in [0.1, 0.15) is 12.0 Å². The first-order chi connectivity index (χ1) is 13.5. The van der Waals surface area contributed by atoms with E-state index in [4.69, 9.17) is 16.0 Å². The van der Waals surface area contributed by atoms with Gasteiger partial charge in [0.1, 0.15) is 5.58 Å². The summed E-state index contributed by atoms with van der Waals surface area (Å²) in [6.07, 6.45) is 0.165. The van der Waals surface area contributed by atoms with Gasteiger partial charge < -0.3 is 14.6 Å². The zero-order valence-corrected chi connectivity index (χ0v) is 15.6. The van der Waals surface area contributed by atoms with Crippen LogP contribution in [0.2, 0.25) is 5.02 Å². The van der Waals surface area contributed by atoms with Gasteiger partial charge >= 0.3 is 5.63 Å². The summed E-state index contributed by atoms with van der Waals surface area (Å²) in [7, 11) is 0. The summed E-state index contributed by atoms with van der Waals surface area (Å²) in [6.45, 7) is 0.732. The molecule has 142 valence electrons. The number of carbonyl (C=O) groups is 2. The van der Waals surface area contributed by atoms with Crippen LogP contribution in [0.25, 0.3) is 11.0 Å². The molecule has 6 nitrogen and oxygen atoms in total. The van der Waals surface area contributed by atoms with E-state index in [0.29, 0.717) is 34.8 Å². The summed E-state index contributed by atoms with van der Waals surface area (Å²) in [4.78, 5) is 37.9. The van der Waals surface area contributed by atoms with Crippen LogP contribution in [0, 0.1) is 5.92 Å². The molecule has 1 aliphatic heterocycles. The van der Waals surface area contributed by atoms with Gasteiger partial charge in [-0.2, -0.15) is 0 Å². The van der Waals surface area contributed by atoms with E-state index < -0.39 is 11.5 Å². The Bertz CT molecular complexity index is 1120. The van der Waals surface area contributed by atoms with Crippen LogP contribution < -0.4 is 10.9 Å². The van der Waals surface area contributed by atoms with Gasteiger partial charge in [-0.05, 0) is 35.9 Å². The smallest absolute Gasteiger partial charge is 0.336 e. The van der Waals surface area contributed by atoms with Gasteiger partial charge in [-0.25, -0.2) is 4.79 Å². The Morgan fingerprint density at radius 3 is 2.79 bits per heavy atom. The van der Waals surface area contributed by atoms with Crippen LogP contribution in [-0.4, -0.2) is 23.3 Å². The highest BCUT2D eigenvalue weighted by Crippen LogP contribution is 2.25. The fraction of sp³-hybridized carbons (Fsp3) is 0.190. The van der Waals surface area contributed by atoms with Gasteiger partial charge in [0.25, 0.3) is 0 Å². The average molecular weight is 397 g/mol. The van der Waals surface area contributed by atoms with Crippen molar-refractivity contribution in [1.29, 1.82) is 0 Å². The molecule has 0 unspecified atom stereocenters. The van der Waals surface area contributed by atoms with Crippen LogP contribution in [0.4, 0.5) is 5.69 Å². The summed E-state index contributed by atoms with van der Waals surface area (Å²) in [6, 6.07) is 15.4. The van der Waals surface area contributed by atoms with Crippen molar-refractivity contribution in [3.05, 3.63) is 75.6 Å². The number of nitrogens with zero attached hydrogens (tertiary/aromatic N) is 1. The molecule has 7 heteroatoms. The zero-order chi connectivity index (χ0) is 19.7. The van der Waals surface area contributed by atoms with Crippen LogP contribution in [0.15, 0.2) is 63.8 Å². The van der Waals surface area contributed by atoms with Gasteiger partial charge in [-0.3, -0.25) is 9.59 Å². The minimum Gasteiger partial charge on any atom is -0.423 e. The summed E-state index contributed by atoms with van der Waals surface area (Å²) in [5.41, 5.74) is 1.47. The molecule has 1 saturated heterocycles. The Morgan fingerprint density at radius 2 is 1.96 bits per heavy atom. The number of likely N-dealkylation sites (tertiary alicyclic amines) is 1. The van der Waals surface area contributed by atoms with Crippen LogP contribution in [0.3, 0.4) is 0 Å². The molecule has 28 heavy (non-hydrogen) atoms. The molecule has 0 aliphatic carbocycles. The number of fused-ring (bicyclic) bond motifs is 1. The monoisotopic (exact) mass is 396 g/mol. The molecule has 2 heterocycles. The fourth-order valence-corrected chi connectivity index (χ4v) is 3.52. The van der Waals surface area contributed by atoms with E-state index in [1.165, 1.54) is 6.07 Å². The highest BCUT2D eigenvalue weighted by atomic mass is 35.5. The van der Waals surface area contributed by atoms with Gasteiger partial charge in [-0.1, -0.05) is 29.8 Å². The lowest BCUT2D eigenvalue weighted by Crippen LogP contribution is -2.28. The molecule has 1 atom stereocenters. The Kier molecular flexibility index (Phi) is 4.88. The van der Waals surface area contributed by atoms with Crippen molar-refractivity contribution in [3.63, 3.8) is 0 Å². The molecule has 0 bridgehead atoms. The van der Waals surface area contributed by atoms with Gasteiger partial charge in [-0.15, -0.1) is 0 Å². The van der Waals surface area contributed by atoms with E-state index in [1.54, 1.807) is 35.2 Å². The molecular formula is C21H17ClN2O4. The molecule has 4 rings (SSSR count). The second-order valence-electron chi connectivity index (χ2n) is 6.76. The number of halogens is 1. The Balaban J connectivity index is 1.44. The van der Waals surface area contributed by atoms with Gasteiger partial charge in [0.05, 0.1) is 5.92 Å². The summed E-state index contributed by atoms with van der Waals surface area (Å²) in [5, 5.41) is 4.15. The number of rotatable bonds is 4. The van der Waals surface area contributed by atoms with E-state index in [-0.39, 0.29) is 18.2 Å². The van der Waals surface area contributed by atoms with E-state index in [9.17, 15) is 14.4 Å². The first-order valence-corrected chi connectivity index (χ1v) is 9.23.